The van der Waals surface area contributed by atoms with Crippen LogP contribution < -0.4 is 10.2 Å². The maximum absolute atomic E-state index is 13.0. The Morgan fingerprint density at radius 2 is 1.86 bits per heavy atom. The predicted molar refractivity (Wildman–Crippen MR) is 81.7 cm³/mol. The number of hydrogen-bond donors (Lipinski definition) is 1. The number of likely N-dealkylation sites (N-methyl/N-ethyl adjacent to an activating group) is 1. The summed E-state index contributed by atoms with van der Waals surface area (Å²) >= 11 is 0. The lowest BCUT2D eigenvalue weighted by molar-refractivity contribution is -0.121. The number of carbonyl (C=O) groups is 1. The van der Waals surface area contributed by atoms with Gasteiger partial charge in [-0.15, -0.1) is 0 Å². The molecule has 3 atom stereocenters. The molecule has 2 fully saturated rings. The molecule has 0 aromatic heterocycles. The van der Waals surface area contributed by atoms with E-state index in [0.717, 1.165) is 24.4 Å². The van der Waals surface area contributed by atoms with Gasteiger partial charge in [0.2, 0.25) is 5.91 Å². The van der Waals surface area contributed by atoms with Gasteiger partial charge in [-0.2, -0.15) is 0 Å². The van der Waals surface area contributed by atoms with E-state index >= 15 is 0 Å². The second-order valence-corrected chi connectivity index (χ2v) is 6.32. The number of halogens is 1. The van der Waals surface area contributed by atoms with Crippen molar-refractivity contribution < 1.29 is 9.18 Å². The molecule has 3 rings (SSSR count). The highest BCUT2D eigenvalue weighted by molar-refractivity contribution is 5.96. The normalized spacial score (nSPS) is 28.8. The summed E-state index contributed by atoms with van der Waals surface area (Å²) < 4.78 is 13.0. The second kappa shape index (κ2) is 6.14. The summed E-state index contributed by atoms with van der Waals surface area (Å²) in [4.78, 5) is 14.3. The molecule has 0 bridgehead atoms. The largest absolute Gasteiger partial charge is 0.314 e. The average Bonchev–Trinajstić information content (AvgIpc) is 2.54. The van der Waals surface area contributed by atoms with Gasteiger partial charge in [0.25, 0.3) is 0 Å². The number of nitrogens with zero attached hydrogens (tertiary/aromatic N) is 1. The lowest BCUT2D eigenvalue weighted by atomic mass is 9.77. The summed E-state index contributed by atoms with van der Waals surface area (Å²) in [5.74, 6) is 0.560. The van der Waals surface area contributed by atoms with Crippen LogP contribution in [0.1, 0.15) is 38.5 Å². The minimum Gasteiger partial charge on any atom is -0.314 e. The minimum absolute atomic E-state index is 0.0885. The van der Waals surface area contributed by atoms with Crippen LogP contribution in [0.2, 0.25) is 0 Å². The van der Waals surface area contributed by atoms with Crippen molar-refractivity contribution in [2.45, 2.75) is 50.6 Å². The average molecular weight is 290 g/mol. The van der Waals surface area contributed by atoms with E-state index in [-0.39, 0.29) is 17.8 Å². The molecule has 4 heteroatoms. The number of carbonyl (C=O) groups excluding carboxylic acids is 1. The quantitative estimate of drug-likeness (QED) is 0.907. The predicted octanol–water partition coefficient (Wildman–Crippen LogP) is 3.10. The fraction of sp³-hybridized carbons (Fsp3) is 0.588. The summed E-state index contributed by atoms with van der Waals surface area (Å²) in [6.45, 7) is 0. The highest BCUT2D eigenvalue weighted by Crippen LogP contribution is 2.32. The van der Waals surface area contributed by atoms with Crippen molar-refractivity contribution in [1.82, 2.24) is 5.32 Å². The van der Waals surface area contributed by atoms with Gasteiger partial charge in [0, 0.05) is 18.8 Å². The fourth-order valence-electron chi connectivity index (χ4n) is 3.72. The van der Waals surface area contributed by atoms with Gasteiger partial charge in [-0.05, 0) is 55.9 Å². The molecule has 1 saturated carbocycles. The molecule has 114 valence electrons. The third-order valence-corrected chi connectivity index (χ3v) is 4.99. The zero-order valence-electron chi connectivity index (χ0n) is 12.5. The van der Waals surface area contributed by atoms with Crippen molar-refractivity contribution in [2.24, 2.45) is 5.92 Å². The first kappa shape index (κ1) is 14.5. The molecule has 0 spiro atoms. The van der Waals surface area contributed by atoms with Gasteiger partial charge in [-0.1, -0.05) is 12.8 Å². The molecule has 1 N–H and O–H groups in total. The zero-order valence-corrected chi connectivity index (χ0v) is 12.5. The standard InChI is InChI=1S/C17H23FN2O/c1-20(14-9-7-13(18)8-10-14)17(21)16-11-6-12-4-2-3-5-15(12)19-16/h7-10,12,15-16,19H,2-6,11H2,1H3. The fourth-order valence-corrected chi connectivity index (χ4v) is 3.72. The van der Waals surface area contributed by atoms with Gasteiger partial charge in [-0.25, -0.2) is 4.39 Å². The van der Waals surface area contributed by atoms with E-state index in [4.69, 9.17) is 0 Å². The Labute approximate surface area is 125 Å². The molecule has 21 heavy (non-hydrogen) atoms. The third-order valence-electron chi connectivity index (χ3n) is 4.99. The van der Waals surface area contributed by atoms with E-state index in [9.17, 15) is 9.18 Å². The molecule has 1 aromatic carbocycles. The molecule has 3 nitrogen and oxygen atoms in total. The number of benzene rings is 1. The minimum atomic E-state index is -0.277. The molecule has 2 aliphatic rings. The van der Waals surface area contributed by atoms with Crippen molar-refractivity contribution in [1.29, 1.82) is 0 Å². The maximum atomic E-state index is 13.0. The molecule has 1 amide bonds. The summed E-state index contributed by atoms with van der Waals surface area (Å²) in [5, 5.41) is 3.55. The van der Waals surface area contributed by atoms with Crippen LogP contribution in [0.3, 0.4) is 0 Å². The Morgan fingerprint density at radius 3 is 2.62 bits per heavy atom. The van der Waals surface area contributed by atoms with Gasteiger partial charge >= 0.3 is 0 Å². The molecular formula is C17H23FN2O. The summed E-state index contributed by atoms with van der Waals surface area (Å²) in [6, 6.07) is 6.50. The SMILES string of the molecule is CN(C(=O)C1CCC2CCCCC2N1)c1ccc(F)cc1. The molecule has 1 aromatic rings. The highest BCUT2D eigenvalue weighted by atomic mass is 19.1. The van der Waals surface area contributed by atoms with E-state index in [1.165, 1.54) is 37.8 Å². The van der Waals surface area contributed by atoms with Gasteiger partial charge in [0.1, 0.15) is 5.82 Å². The topological polar surface area (TPSA) is 32.3 Å². The monoisotopic (exact) mass is 290 g/mol. The molecule has 0 radical (unpaired) electrons. The van der Waals surface area contributed by atoms with E-state index in [0.29, 0.717) is 6.04 Å². The van der Waals surface area contributed by atoms with Gasteiger partial charge in [-0.3, -0.25) is 4.79 Å². The van der Waals surface area contributed by atoms with Crippen molar-refractivity contribution in [3.05, 3.63) is 30.1 Å². The first-order valence-corrected chi connectivity index (χ1v) is 7.94. The van der Waals surface area contributed by atoms with Crippen LogP contribution in [0.4, 0.5) is 10.1 Å². The van der Waals surface area contributed by atoms with Crippen LogP contribution in [0.25, 0.3) is 0 Å². The Balaban J connectivity index is 1.66. The van der Waals surface area contributed by atoms with E-state index in [1.54, 1.807) is 24.1 Å². The second-order valence-electron chi connectivity index (χ2n) is 6.32. The molecule has 3 unspecified atom stereocenters. The molecule has 1 aliphatic carbocycles. The van der Waals surface area contributed by atoms with Crippen LogP contribution in [0.5, 0.6) is 0 Å². The lowest BCUT2D eigenvalue weighted by Crippen LogP contribution is -2.55. The number of amides is 1. The third kappa shape index (κ3) is 3.10. The molecule has 1 aliphatic heterocycles. The summed E-state index contributed by atoms with van der Waals surface area (Å²) in [7, 11) is 1.77. The Kier molecular flexibility index (Phi) is 4.24. The molecule has 1 saturated heterocycles. The highest BCUT2D eigenvalue weighted by Gasteiger charge is 2.35. The maximum Gasteiger partial charge on any atom is 0.243 e. The Hall–Kier alpha value is -1.42. The number of nitrogens with one attached hydrogen (secondary N) is 1. The van der Waals surface area contributed by atoms with Gasteiger partial charge in [0.05, 0.1) is 6.04 Å². The van der Waals surface area contributed by atoms with Crippen LogP contribution in [-0.4, -0.2) is 25.0 Å². The van der Waals surface area contributed by atoms with Crippen molar-refractivity contribution >= 4 is 11.6 Å². The van der Waals surface area contributed by atoms with Crippen LogP contribution in [0, 0.1) is 11.7 Å². The number of anilines is 1. The first-order chi connectivity index (χ1) is 10.1. The van der Waals surface area contributed by atoms with Crippen LogP contribution >= 0.6 is 0 Å². The van der Waals surface area contributed by atoms with Crippen molar-refractivity contribution in [2.75, 3.05) is 11.9 Å². The number of hydrogen-bond acceptors (Lipinski definition) is 2. The number of rotatable bonds is 2. The van der Waals surface area contributed by atoms with E-state index in [2.05, 4.69) is 5.32 Å². The van der Waals surface area contributed by atoms with E-state index in [1.807, 2.05) is 0 Å². The molecular weight excluding hydrogens is 267 g/mol. The molecule has 1 heterocycles. The van der Waals surface area contributed by atoms with Crippen molar-refractivity contribution in [3.63, 3.8) is 0 Å². The Morgan fingerprint density at radius 1 is 1.14 bits per heavy atom. The van der Waals surface area contributed by atoms with Gasteiger partial charge < -0.3 is 10.2 Å². The van der Waals surface area contributed by atoms with Crippen LogP contribution in [-0.2, 0) is 4.79 Å². The first-order valence-electron chi connectivity index (χ1n) is 7.94. The van der Waals surface area contributed by atoms with Gasteiger partial charge in [0.15, 0.2) is 0 Å². The number of fused-ring (bicyclic) bond motifs is 1. The van der Waals surface area contributed by atoms with Crippen molar-refractivity contribution in [3.8, 4) is 0 Å². The summed E-state index contributed by atoms with van der Waals surface area (Å²) in [5.41, 5.74) is 0.744. The summed E-state index contributed by atoms with van der Waals surface area (Å²) in [6.07, 6.45) is 7.14. The lowest BCUT2D eigenvalue weighted by Gasteiger charge is -2.40. The Bertz CT molecular complexity index is 502. The van der Waals surface area contributed by atoms with Crippen LogP contribution in [0.15, 0.2) is 24.3 Å². The number of piperidine rings is 1. The van der Waals surface area contributed by atoms with E-state index < -0.39 is 0 Å². The zero-order chi connectivity index (χ0) is 14.8. The smallest absolute Gasteiger partial charge is 0.243 e.